The molecule has 0 saturated heterocycles. The molecule has 0 fully saturated rings. The molecule has 5 heteroatoms. The molecule has 0 aliphatic carbocycles. The minimum atomic E-state index is -0.522. The van der Waals surface area contributed by atoms with Crippen LogP contribution in [0.5, 0.6) is 0 Å². The van der Waals surface area contributed by atoms with Gasteiger partial charge in [0.15, 0.2) is 0 Å². The first kappa shape index (κ1) is 17.7. The number of aliphatic hydroxyl groups excluding tert-OH is 1. The molecular weight excluding hydrogens is 290 g/mol. The zero-order chi connectivity index (χ0) is 16.9. The molecule has 1 heterocycles. The molecule has 0 bridgehead atoms. The molecule has 0 amide bonds. The molecule has 0 aliphatic rings. The van der Waals surface area contributed by atoms with Gasteiger partial charge in [-0.3, -0.25) is 0 Å². The van der Waals surface area contributed by atoms with Crippen LogP contribution in [0.4, 0.5) is 0 Å². The largest absolute Gasteiger partial charge is 0.389 e. The number of hydrogen-bond donors (Lipinski definition) is 2. The van der Waals surface area contributed by atoms with Gasteiger partial charge in [0.05, 0.1) is 24.0 Å². The number of hydrogen-bond acceptors (Lipinski definition) is 4. The number of benzene rings is 1. The van der Waals surface area contributed by atoms with Gasteiger partial charge in [0, 0.05) is 25.0 Å². The second-order valence-corrected chi connectivity index (χ2v) is 6.75. The van der Waals surface area contributed by atoms with Crippen LogP contribution in [0.2, 0.25) is 0 Å². The molecule has 126 valence electrons. The van der Waals surface area contributed by atoms with Gasteiger partial charge in [-0.15, -0.1) is 0 Å². The summed E-state index contributed by atoms with van der Waals surface area (Å²) in [6.45, 7) is 8.85. The van der Waals surface area contributed by atoms with Crippen molar-refractivity contribution in [2.45, 2.75) is 45.4 Å². The molecule has 23 heavy (non-hydrogen) atoms. The summed E-state index contributed by atoms with van der Waals surface area (Å²) in [6, 6.07) is 10.2. The first-order valence-corrected chi connectivity index (χ1v) is 8.00. The van der Waals surface area contributed by atoms with Crippen molar-refractivity contribution in [3.8, 4) is 5.69 Å². The number of rotatable bonds is 7. The van der Waals surface area contributed by atoms with Gasteiger partial charge in [0.25, 0.3) is 0 Å². The Hall–Kier alpha value is -1.69. The van der Waals surface area contributed by atoms with Gasteiger partial charge < -0.3 is 15.2 Å². The fourth-order valence-electron chi connectivity index (χ4n) is 2.19. The number of aromatic nitrogens is 2. The molecular formula is C18H27N3O2. The van der Waals surface area contributed by atoms with Crippen LogP contribution in [0.15, 0.2) is 42.7 Å². The van der Waals surface area contributed by atoms with E-state index in [1.165, 1.54) is 0 Å². The van der Waals surface area contributed by atoms with Crippen LogP contribution in [-0.2, 0) is 4.74 Å². The van der Waals surface area contributed by atoms with E-state index in [1.807, 2.05) is 49.8 Å². The normalized spacial score (nSPS) is 14.7. The first-order chi connectivity index (χ1) is 10.8. The minimum absolute atomic E-state index is 0.134. The van der Waals surface area contributed by atoms with Gasteiger partial charge in [0.1, 0.15) is 0 Å². The summed E-state index contributed by atoms with van der Waals surface area (Å²) in [4.78, 5) is 0. The monoisotopic (exact) mass is 317 g/mol. The van der Waals surface area contributed by atoms with E-state index in [-0.39, 0.29) is 11.6 Å². The standard InChI is InChI=1S/C18H27N3O2/c1-14(19-12-17(22)13-23-18(2,3)4)15-7-5-8-16(11-15)21-10-6-9-20-21/h5-11,14,17,19,22H,12-13H2,1-4H3. The molecule has 2 atom stereocenters. The fourth-order valence-corrected chi connectivity index (χ4v) is 2.19. The van der Waals surface area contributed by atoms with Crippen LogP contribution in [0.25, 0.3) is 5.69 Å². The summed E-state index contributed by atoms with van der Waals surface area (Å²) in [5.74, 6) is 0. The molecule has 0 radical (unpaired) electrons. The van der Waals surface area contributed by atoms with Gasteiger partial charge >= 0.3 is 0 Å². The lowest BCUT2D eigenvalue weighted by atomic mass is 10.1. The van der Waals surface area contributed by atoms with Gasteiger partial charge in [0.2, 0.25) is 0 Å². The first-order valence-electron chi connectivity index (χ1n) is 8.00. The van der Waals surface area contributed by atoms with E-state index < -0.39 is 6.10 Å². The third-order valence-electron chi connectivity index (χ3n) is 3.51. The molecule has 2 aromatic rings. The Balaban J connectivity index is 1.88. The molecule has 0 spiro atoms. The van der Waals surface area contributed by atoms with Crippen molar-refractivity contribution in [1.82, 2.24) is 15.1 Å². The Bertz CT molecular complexity index is 591. The van der Waals surface area contributed by atoms with Crippen LogP contribution < -0.4 is 5.32 Å². The molecule has 2 N–H and O–H groups in total. The predicted octanol–water partition coefficient (Wildman–Crippen LogP) is 2.70. The van der Waals surface area contributed by atoms with Crippen molar-refractivity contribution >= 4 is 0 Å². The maximum Gasteiger partial charge on any atom is 0.0898 e. The maximum atomic E-state index is 10.0. The lowest BCUT2D eigenvalue weighted by molar-refractivity contribution is -0.0482. The van der Waals surface area contributed by atoms with Crippen LogP contribution in [0, 0.1) is 0 Å². The van der Waals surface area contributed by atoms with Crippen LogP contribution in [0.1, 0.15) is 39.3 Å². The Kier molecular flexibility index (Phi) is 5.93. The number of nitrogens with zero attached hydrogens (tertiary/aromatic N) is 2. The van der Waals surface area contributed by atoms with Crippen LogP contribution >= 0.6 is 0 Å². The molecule has 1 aromatic carbocycles. The van der Waals surface area contributed by atoms with Gasteiger partial charge in [-0.05, 0) is 51.5 Å². The van der Waals surface area contributed by atoms with E-state index >= 15 is 0 Å². The highest BCUT2D eigenvalue weighted by molar-refractivity contribution is 5.36. The van der Waals surface area contributed by atoms with Gasteiger partial charge in [-0.2, -0.15) is 5.10 Å². The highest BCUT2D eigenvalue weighted by atomic mass is 16.5. The lowest BCUT2D eigenvalue weighted by Gasteiger charge is -2.23. The van der Waals surface area contributed by atoms with E-state index in [0.717, 1.165) is 11.3 Å². The predicted molar refractivity (Wildman–Crippen MR) is 91.7 cm³/mol. The fraction of sp³-hybridized carbons (Fsp3) is 0.500. The van der Waals surface area contributed by atoms with E-state index in [0.29, 0.717) is 13.2 Å². The quantitative estimate of drug-likeness (QED) is 0.824. The molecule has 1 aromatic heterocycles. The topological polar surface area (TPSA) is 59.3 Å². The Morgan fingerprint density at radius 3 is 2.74 bits per heavy atom. The van der Waals surface area contributed by atoms with E-state index in [9.17, 15) is 5.11 Å². The SMILES string of the molecule is CC(NCC(O)COC(C)(C)C)c1cccc(-n2cccn2)c1. The third-order valence-corrected chi connectivity index (χ3v) is 3.51. The average Bonchev–Trinajstić information content (AvgIpc) is 3.04. The minimum Gasteiger partial charge on any atom is -0.389 e. The Labute approximate surface area is 138 Å². The van der Waals surface area contributed by atoms with Gasteiger partial charge in [-0.1, -0.05) is 12.1 Å². The number of nitrogens with one attached hydrogen (secondary N) is 1. The zero-order valence-electron chi connectivity index (χ0n) is 14.4. The Morgan fingerprint density at radius 2 is 2.09 bits per heavy atom. The van der Waals surface area contributed by atoms with Crippen molar-refractivity contribution in [3.63, 3.8) is 0 Å². The van der Waals surface area contributed by atoms with Crippen molar-refractivity contribution < 1.29 is 9.84 Å². The average molecular weight is 317 g/mol. The van der Waals surface area contributed by atoms with Crippen molar-refractivity contribution in [2.75, 3.05) is 13.2 Å². The highest BCUT2D eigenvalue weighted by Crippen LogP contribution is 2.16. The third kappa shape index (κ3) is 5.78. The Morgan fingerprint density at radius 1 is 1.30 bits per heavy atom. The lowest BCUT2D eigenvalue weighted by Crippen LogP contribution is -2.34. The second kappa shape index (κ2) is 7.73. The highest BCUT2D eigenvalue weighted by Gasteiger charge is 2.14. The number of aliphatic hydroxyl groups is 1. The second-order valence-electron chi connectivity index (χ2n) is 6.75. The summed E-state index contributed by atoms with van der Waals surface area (Å²) in [5.41, 5.74) is 1.95. The molecule has 0 saturated carbocycles. The number of ether oxygens (including phenoxy) is 1. The maximum absolute atomic E-state index is 10.0. The molecule has 2 unspecified atom stereocenters. The summed E-state index contributed by atoms with van der Waals surface area (Å²) < 4.78 is 7.43. The van der Waals surface area contributed by atoms with E-state index in [2.05, 4.69) is 29.5 Å². The smallest absolute Gasteiger partial charge is 0.0898 e. The van der Waals surface area contributed by atoms with Crippen molar-refractivity contribution in [3.05, 3.63) is 48.3 Å². The summed E-state index contributed by atoms with van der Waals surface area (Å²) in [7, 11) is 0. The summed E-state index contributed by atoms with van der Waals surface area (Å²) >= 11 is 0. The van der Waals surface area contributed by atoms with E-state index in [1.54, 1.807) is 6.20 Å². The summed E-state index contributed by atoms with van der Waals surface area (Å²) in [6.07, 6.45) is 3.16. The zero-order valence-corrected chi connectivity index (χ0v) is 14.4. The van der Waals surface area contributed by atoms with Crippen LogP contribution in [0.3, 0.4) is 0 Å². The molecule has 2 rings (SSSR count). The van der Waals surface area contributed by atoms with Gasteiger partial charge in [-0.25, -0.2) is 4.68 Å². The molecule has 0 aliphatic heterocycles. The van der Waals surface area contributed by atoms with Crippen molar-refractivity contribution in [1.29, 1.82) is 0 Å². The van der Waals surface area contributed by atoms with Crippen LogP contribution in [-0.4, -0.2) is 39.7 Å². The molecule has 5 nitrogen and oxygen atoms in total. The van der Waals surface area contributed by atoms with E-state index in [4.69, 9.17) is 4.74 Å². The van der Waals surface area contributed by atoms with Crippen molar-refractivity contribution in [2.24, 2.45) is 0 Å². The summed E-state index contributed by atoms with van der Waals surface area (Å²) in [5, 5.41) is 17.6.